The first kappa shape index (κ1) is 11.2. The molecule has 0 spiro atoms. The standard InChI is InChI=1S/C9H13N3O3/c1-2-3-8(13)10-7-4-6(11-12-7)5-9(14)15/h4H,2-3,5H2,1H3,(H,14,15)(H2,10,11,12,13). The van der Waals surface area contributed by atoms with E-state index in [1.54, 1.807) is 0 Å². The van der Waals surface area contributed by atoms with Crippen molar-refractivity contribution in [3.05, 3.63) is 11.8 Å². The highest BCUT2D eigenvalue weighted by Gasteiger charge is 2.07. The van der Waals surface area contributed by atoms with Crippen LogP contribution in [0, 0.1) is 0 Å². The molecule has 0 unspecified atom stereocenters. The average Bonchev–Trinajstić information content (AvgIpc) is 2.51. The van der Waals surface area contributed by atoms with E-state index in [1.807, 2.05) is 6.92 Å². The molecule has 0 saturated heterocycles. The highest BCUT2D eigenvalue weighted by Crippen LogP contribution is 2.06. The van der Waals surface area contributed by atoms with Gasteiger partial charge in [0.1, 0.15) is 0 Å². The van der Waals surface area contributed by atoms with Crippen LogP contribution in [0.1, 0.15) is 25.5 Å². The Bertz CT molecular complexity index is 359. The summed E-state index contributed by atoms with van der Waals surface area (Å²) in [6.45, 7) is 1.90. The van der Waals surface area contributed by atoms with Gasteiger partial charge < -0.3 is 10.4 Å². The van der Waals surface area contributed by atoms with Gasteiger partial charge in [0.05, 0.1) is 6.42 Å². The SMILES string of the molecule is CCCC(=O)Nc1cc(CC(=O)O)[nH]n1. The van der Waals surface area contributed by atoms with E-state index in [-0.39, 0.29) is 12.3 Å². The Morgan fingerprint density at radius 3 is 2.93 bits per heavy atom. The monoisotopic (exact) mass is 211 g/mol. The van der Waals surface area contributed by atoms with Gasteiger partial charge in [-0.05, 0) is 6.42 Å². The first-order valence-corrected chi connectivity index (χ1v) is 4.67. The van der Waals surface area contributed by atoms with Crippen molar-refractivity contribution in [2.24, 2.45) is 0 Å². The number of aromatic nitrogens is 2. The van der Waals surface area contributed by atoms with Gasteiger partial charge in [0.2, 0.25) is 5.91 Å². The predicted octanol–water partition coefficient (Wildman–Crippen LogP) is 0.775. The molecule has 1 aromatic rings. The van der Waals surface area contributed by atoms with Gasteiger partial charge in [0.15, 0.2) is 5.82 Å². The molecule has 1 amide bonds. The van der Waals surface area contributed by atoms with Gasteiger partial charge in [0.25, 0.3) is 0 Å². The van der Waals surface area contributed by atoms with E-state index in [2.05, 4.69) is 15.5 Å². The maximum absolute atomic E-state index is 11.2. The minimum absolute atomic E-state index is 0.120. The number of carboxylic acid groups (broad SMARTS) is 1. The fraction of sp³-hybridized carbons (Fsp3) is 0.444. The van der Waals surface area contributed by atoms with Crippen LogP contribution in [-0.4, -0.2) is 27.2 Å². The smallest absolute Gasteiger partial charge is 0.309 e. The molecule has 1 rings (SSSR count). The van der Waals surface area contributed by atoms with Crippen molar-refractivity contribution in [1.82, 2.24) is 10.2 Å². The maximum atomic E-state index is 11.2. The number of aliphatic carboxylic acids is 1. The van der Waals surface area contributed by atoms with Gasteiger partial charge in [0, 0.05) is 18.2 Å². The van der Waals surface area contributed by atoms with Crippen molar-refractivity contribution in [1.29, 1.82) is 0 Å². The van der Waals surface area contributed by atoms with Crippen LogP contribution < -0.4 is 5.32 Å². The van der Waals surface area contributed by atoms with Crippen molar-refractivity contribution in [3.63, 3.8) is 0 Å². The summed E-state index contributed by atoms with van der Waals surface area (Å²) in [5.41, 5.74) is 0.467. The number of amides is 1. The lowest BCUT2D eigenvalue weighted by Gasteiger charge is -1.97. The summed E-state index contributed by atoms with van der Waals surface area (Å²) >= 11 is 0. The van der Waals surface area contributed by atoms with Crippen LogP contribution in [0.3, 0.4) is 0 Å². The molecular formula is C9H13N3O3. The van der Waals surface area contributed by atoms with E-state index in [4.69, 9.17) is 5.11 Å². The summed E-state index contributed by atoms with van der Waals surface area (Å²) in [5, 5.41) is 17.4. The van der Waals surface area contributed by atoms with Gasteiger partial charge in [-0.25, -0.2) is 0 Å². The predicted molar refractivity (Wildman–Crippen MR) is 53.5 cm³/mol. The topological polar surface area (TPSA) is 95.1 Å². The molecule has 0 aliphatic heterocycles. The third-order valence-electron chi connectivity index (χ3n) is 1.72. The highest BCUT2D eigenvalue weighted by atomic mass is 16.4. The number of aromatic amines is 1. The number of hydrogen-bond acceptors (Lipinski definition) is 3. The zero-order valence-corrected chi connectivity index (χ0v) is 8.41. The summed E-state index contributed by atoms with van der Waals surface area (Å²) in [6, 6.07) is 1.52. The van der Waals surface area contributed by atoms with E-state index in [0.29, 0.717) is 17.9 Å². The fourth-order valence-electron chi connectivity index (χ4n) is 1.11. The van der Waals surface area contributed by atoms with E-state index in [9.17, 15) is 9.59 Å². The number of H-pyrrole nitrogens is 1. The summed E-state index contributed by atoms with van der Waals surface area (Å²) in [7, 11) is 0. The second-order valence-electron chi connectivity index (χ2n) is 3.15. The molecular weight excluding hydrogens is 198 g/mol. The van der Waals surface area contributed by atoms with E-state index in [0.717, 1.165) is 6.42 Å². The van der Waals surface area contributed by atoms with Crippen LogP contribution in [0.25, 0.3) is 0 Å². The molecule has 0 aromatic carbocycles. The normalized spacial score (nSPS) is 9.93. The van der Waals surface area contributed by atoms with E-state index in [1.165, 1.54) is 6.07 Å². The molecule has 6 nitrogen and oxygen atoms in total. The molecule has 0 aliphatic carbocycles. The van der Waals surface area contributed by atoms with Crippen LogP contribution in [-0.2, 0) is 16.0 Å². The largest absolute Gasteiger partial charge is 0.481 e. The molecule has 0 atom stereocenters. The summed E-state index contributed by atoms with van der Waals surface area (Å²) in [6.07, 6.45) is 1.07. The molecule has 0 radical (unpaired) electrons. The summed E-state index contributed by atoms with van der Waals surface area (Å²) in [5.74, 6) is -0.694. The van der Waals surface area contributed by atoms with Crippen molar-refractivity contribution in [3.8, 4) is 0 Å². The Morgan fingerprint density at radius 2 is 2.33 bits per heavy atom. The third-order valence-corrected chi connectivity index (χ3v) is 1.72. The minimum atomic E-state index is -0.940. The average molecular weight is 211 g/mol. The maximum Gasteiger partial charge on any atom is 0.309 e. The molecule has 6 heteroatoms. The number of rotatable bonds is 5. The second-order valence-corrected chi connectivity index (χ2v) is 3.15. The van der Waals surface area contributed by atoms with Crippen LogP contribution in [0.5, 0.6) is 0 Å². The summed E-state index contributed by atoms with van der Waals surface area (Å²) in [4.78, 5) is 21.5. The molecule has 0 aliphatic rings. The molecule has 3 N–H and O–H groups in total. The van der Waals surface area contributed by atoms with E-state index < -0.39 is 5.97 Å². The van der Waals surface area contributed by atoms with Crippen molar-refractivity contribution in [2.45, 2.75) is 26.2 Å². The van der Waals surface area contributed by atoms with Gasteiger partial charge in [-0.15, -0.1) is 0 Å². The van der Waals surface area contributed by atoms with Gasteiger partial charge in [-0.1, -0.05) is 6.92 Å². The molecule has 0 saturated carbocycles. The lowest BCUT2D eigenvalue weighted by Crippen LogP contribution is -2.10. The number of hydrogen-bond donors (Lipinski definition) is 3. The van der Waals surface area contributed by atoms with Gasteiger partial charge >= 0.3 is 5.97 Å². The Hall–Kier alpha value is -1.85. The molecule has 1 heterocycles. The second kappa shape index (κ2) is 5.14. The molecule has 15 heavy (non-hydrogen) atoms. The minimum Gasteiger partial charge on any atom is -0.481 e. The molecule has 0 bridgehead atoms. The van der Waals surface area contributed by atoms with Gasteiger partial charge in [-0.3, -0.25) is 14.7 Å². The quantitative estimate of drug-likeness (QED) is 0.670. The van der Waals surface area contributed by atoms with Crippen molar-refractivity contribution in [2.75, 3.05) is 5.32 Å². The fourth-order valence-corrected chi connectivity index (χ4v) is 1.11. The van der Waals surface area contributed by atoms with Crippen LogP contribution in [0.15, 0.2) is 6.07 Å². The number of carbonyl (C=O) groups is 2. The van der Waals surface area contributed by atoms with Crippen molar-refractivity contribution >= 4 is 17.7 Å². The molecule has 82 valence electrons. The van der Waals surface area contributed by atoms with Crippen LogP contribution in [0.4, 0.5) is 5.82 Å². The first-order valence-electron chi connectivity index (χ1n) is 4.67. The van der Waals surface area contributed by atoms with Crippen molar-refractivity contribution < 1.29 is 14.7 Å². The lowest BCUT2D eigenvalue weighted by atomic mass is 10.3. The number of carbonyl (C=O) groups excluding carboxylic acids is 1. The number of nitrogens with one attached hydrogen (secondary N) is 2. The van der Waals surface area contributed by atoms with E-state index >= 15 is 0 Å². The molecule has 0 fully saturated rings. The first-order chi connectivity index (χ1) is 7.11. The Labute approximate surface area is 86.7 Å². The molecule has 1 aromatic heterocycles. The third kappa shape index (κ3) is 3.80. The number of nitrogens with zero attached hydrogens (tertiary/aromatic N) is 1. The van der Waals surface area contributed by atoms with Gasteiger partial charge in [-0.2, -0.15) is 5.10 Å². The zero-order valence-electron chi connectivity index (χ0n) is 8.41. The number of carboxylic acids is 1. The Kier molecular flexibility index (Phi) is 3.84. The van der Waals surface area contributed by atoms with Crippen LogP contribution >= 0.6 is 0 Å². The lowest BCUT2D eigenvalue weighted by molar-refractivity contribution is -0.136. The highest BCUT2D eigenvalue weighted by molar-refractivity contribution is 5.89. The Balaban J connectivity index is 2.52. The summed E-state index contributed by atoms with van der Waals surface area (Å²) < 4.78 is 0. The number of anilines is 1. The van der Waals surface area contributed by atoms with Crippen LogP contribution in [0.2, 0.25) is 0 Å². The Morgan fingerprint density at radius 1 is 1.60 bits per heavy atom. The zero-order chi connectivity index (χ0) is 11.3.